The normalized spacial score (nSPS) is 10.1. The van der Waals surface area contributed by atoms with Crippen LogP contribution >= 0.6 is 0 Å². The fourth-order valence-corrected chi connectivity index (χ4v) is 5.78. The highest BCUT2D eigenvalue weighted by Crippen LogP contribution is 2.35. The average Bonchev–Trinajstić information content (AvgIpc) is 3.23. The third kappa shape index (κ3) is 19.6. The Morgan fingerprint density at radius 3 is 0.983 bits per heavy atom. The summed E-state index contributed by atoms with van der Waals surface area (Å²) in [5, 5.41) is 18.7. The van der Waals surface area contributed by atoms with Crippen molar-refractivity contribution in [2.24, 2.45) is 11.8 Å². The molecule has 0 aliphatic rings. The molecule has 0 unspecified atom stereocenters. The molecule has 60 heavy (non-hydrogen) atoms. The van der Waals surface area contributed by atoms with E-state index in [1.54, 1.807) is 14.2 Å². The van der Waals surface area contributed by atoms with Gasteiger partial charge in [0.25, 0.3) is 0 Å². The van der Waals surface area contributed by atoms with Gasteiger partial charge >= 0.3 is 0 Å². The molecule has 0 heterocycles. The Balaban J connectivity index is 0.000000401. The summed E-state index contributed by atoms with van der Waals surface area (Å²) in [6.45, 7) is 27.1. The predicted molar refractivity (Wildman–Crippen MR) is 247 cm³/mol. The Kier molecular flexibility index (Phi) is 26.2. The first-order valence-corrected chi connectivity index (χ1v) is 21.1. The van der Waals surface area contributed by atoms with E-state index in [-0.39, 0.29) is 13.2 Å². The molecule has 0 aromatic heterocycles. The molecule has 4 aromatic carbocycles. The van der Waals surface area contributed by atoms with Gasteiger partial charge in [0.05, 0.1) is 53.9 Å². The first kappa shape index (κ1) is 52.7. The maximum atomic E-state index is 9.37. The van der Waals surface area contributed by atoms with Crippen LogP contribution in [0.1, 0.15) is 128 Å². The molecule has 0 bridgehead atoms. The summed E-state index contributed by atoms with van der Waals surface area (Å²) in [7, 11) is 3.27. The van der Waals surface area contributed by atoms with Crippen molar-refractivity contribution < 1.29 is 38.6 Å². The Morgan fingerprint density at radius 1 is 0.450 bits per heavy atom. The van der Waals surface area contributed by atoms with Crippen LogP contribution in [0.3, 0.4) is 0 Å². The van der Waals surface area contributed by atoms with Crippen molar-refractivity contribution in [3.8, 4) is 58.2 Å². The standard InChI is InChI=1S/2C13H20O3.2C13H16O/c2*1-5-16-11-6-10(8-14)13(9(2)3)12(7-11)15-4;2*1-4-14-13-9-7-12(8-10-13)6-5-11(2)3/h2*6-7,9,14H,5,8H2,1-4H3;2*7-11H,4H2,1-3H3. The molecule has 8 heteroatoms. The molecule has 0 saturated carbocycles. The largest absolute Gasteiger partial charge is 0.496 e. The van der Waals surface area contributed by atoms with Crippen LogP contribution in [0.15, 0.2) is 72.8 Å². The van der Waals surface area contributed by atoms with Crippen LogP contribution in [0.25, 0.3) is 0 Å². The number of ether oxygens (including phenoxy) is 6. The van der Waals surface area contributed by atoms with E-state index >= 15 is 0 Å². The lowest BCUT2D eigenvalue weighted by Gasteiger charge is -2.17. The summed E-state index contributed by atoms with van der Waals surface area (Å²) < 4.78 is 32.2. The number of methoxy groups -OCH3 is 2. The van der Waals surface area contributed by atoms with E-state index in [1.165, 1.54) is 0 Å². The lowest BCUT2D eigenvalue weighted by Crippen LogP contribution is -2.02. The maximum absolute atomic E-state index is 9.37. The quantitative estimate of drug-likeness (QED) is 0.121. The predicted octanol–water partition coefficient (Wildman–Crippen LogP) is 11.6. The molecule has 0 spiro atoms. The third-order valence-corrected chi connectivity index (χ3v) is 8.30. The van der Waals surface area contributed by atoms with E-state index in [9.17, 15) is 10.2 Å². The van der Waals surface area contributed by atoms with Crippen LogP contribution in [0.2, 0.25) is 0 Å². The summed E-state index contributed by atoms with van der Waals surface area (Å²) in [6, 6.07) is 23.3. The fourth-order valence-electron chi connectivity index (χ4n) is 5.78. The van der Waals surface area contributed by atoms with Gasteiger partial charge in [0, 0.05) is 46.2 Å². The molecule has 4 rings (SSSR count). The zero-order valence-corrected chi connectivity index (χ0v) is 38.8. The third-order valence-electron chi connectivity index (χ3n) is 8.30. The van der Waals surface area contributed by atoms with Gasteiger partial charge in [-0.2, -0.15) is 0 Å². The average molecular weight is 825 g/mol. The number of benzene rings is 4. The second kappa shape index (κ2) is 29.9. The van der Waals surface area contributed by atoms with E-state index < -0.39 is 0 Å². The Bertz CT molecular complexity index is 1710. The zero-order chi connectivity index (χ0) is 45.0. The van der Waals surface area contributed by atoms with Crippen molar-refractivity contribution in [3.05, 3.63) is 106 Å². The number of aliphatic hydroxyl groups is 2. The molecule has 2 N–H and O–H groups in total. The highest BCUT2D eigenvalue weighted by molar-refractivity contribution is 5.49. The maximum Gasteiger partial charge on any atom is 0.126 e. The SMILES string of the molecule is CCOc1cc(CO)c(C(C)C)c(OC)c1.CCOc1cc(CO)c(C(C)C)c(OC)c1.CCOc1ccc(C#CC(C)C)cc1.CCOc1ccc(C#CC(C)C)cc1. The van der Waals surface area contributed by atoms with Gasteiger partial charge < -0.3 is 38.6 Å². The Hall–Kier alpha value is -5.28. The molecule has 0 atom stereocenters. The molecule has 0 radical (unpaired) electrons. The van der Waals surface area contributed by atoms with E-state index in [2.05, 4.69) is 79.1 Å². The minimum Gasteiger partial charge on any atom is -0.496 e. The van der Waals surface area contributed by atoms with Gasteiger partial charge in [-0.1, -0.05) is 79.1 Å². The first-order valence-electron chi connectivity index (χ1n) is 21.1. The molecule has 328 valence electrons. The lowest BCUT2D eigenvalue weighted by atomic mass is 9.96. The summed E-state index contributed by atoms with van der Waals surface area (Å²) in [4.78, 5) is 0. The molecule has 0 aliphatic carbocycles. The van der Waals surface area contributed by atoms with Gasteiger partial charge in [-0.15, -0.1) is 0 Å². The highest BCUT2D eigenvalue weighted by atomic mass is 16.5. The number of hydrogen-bond acceptors (Lipinski definition) is 8. The molecule has 8 nitrogen and oxygen atoms in total. The summed E-state index contributed by atoms with van der Waals surface area (Å²) in [5.74, 6) is 18.8. The smallest absolute Gasteiger partial charge is 0.126 e. The van der Waals surface area contributed by atoms with Gasteiger partial charge in [0.15, 0.2) is 0 Å². The van der Waals surface area contributed by atoms with Gasteiger partial charge in [0.2, 0.25) is 0 Å². The van der Waals surface area contributed by atoms with Crippen LogP contribution in [-0.4, -0.2) is 50.9 Å². The van der Waals surface area contributed by atoms with Crippen LogP contribution in [-0.2, 0) is 13.2 Å². The van der Waals surface area contributed by atoms with Gasteiger partial charge in [-0.3, -0.25) is 0 Å². The Morgan fingerprint density at radius 2 is 0.750 bits per heavy atom. The summed E-state index contributed by atoms with van der Waals surface area (Å²) >= 11 is 0. The molecule has 0 saturated heterocycles. The van der Waals surface area contributed by atoms with Crippen LogP contribution in [0.4, 0.5) is 0 Å². The summed E-state index contributed by atoms with van der Waals surface area (Å²) in [6.07, 6.45) is 0. The van der Waals surface area contributed by atoms with E-state index in [1.807, 2.05) is 100 Å². The van der Waals surface area contributed by atoms with Crippen LogP contribution < -0.4 is 28.4 Å². The van der Waals surface area contributed by atoms with E-state index in [0.29, 0.717) is 50.1 Å². The highest BCUT2D eigenvalue weighted by Gasteiger charge is 2.16. The number of aliphatic hydroxyl groups excluding tert-OH is 2. The number of hydrogen-bond donors (Lipinski definition) is 2. The van der Waals surface area contributed by atoms with Crippen molar-refractivity contribution in [1.29, 1.82) is 0 Å². The first-order chi connectivity index (χ1) is 28.7. The van der Waals surface area contributed by atoms with Crippen molar-refractivity contribution in [2.75, 3.05) is 40.6 Å². The second-order valence-corrected chi connectivity index (χ2v) is 14.7. The van der Waals surface area contributed by atoms with Gasteiger partial charge in [-0.25, -0.2) is 0 Å². The minimum atomic E-state index is 0.00475. The molecule has 0 amide bonds. The topological polar surface area (TPSA) is 95.8 Å². The van der Waals surface area contributed by atoms with Crippen molar-refractivity contribution in [1.82, 2.24) is 0 Å². The summed E-state index contributed by atoms with van der Waals surface area (Å²) in [5.41, 5.74) is 5.93. The molecular formula is C52H72O8. The molecule has 0 fully saturated rings. The van der Waals surface area contributed by atoms with Crippen molar-refractivity contribution >= 4 is 0 Å². The number of rotatable bonds is 14. The molecule has 0 aliphatic heterocycles. The molecule has 4 aromatic rings. The van der Waals surface area contributed by atoms with E-state index in [0.717, 1.165) is 67.9 Å². The molecular weight excluding hydrogens is 753 g/mol. The van der Waals surface area contributed by atoms with E-state index in [4.69, 9.17) is 28.4 Å². The monoisotopic (exact) mass is 825 g/mol. The Labute approximate surface area is 362 Å². The lowest BCUT2D eigenvalue weighted by molar-refractivity contribution is 0.276. The zero-order valence-electron chi connectivity index (χ0n) is 38.8. The van der Waals surface area contributed by atoms with Crippen LogP contribution in [0, 0.1) is 35.5 Å². The second-order valence-electron chi connectivity index (χ2n) is 14.7. The van der Waals surface area contributed by atoms with Crippen molar-refractivity contribution in [3.63, 3.8) is 0 Å². The fraction of sp³-hybridized carbons (Fsp3) is 0.462. The van der Waals surface area contributed by atoms with Crippen LogP contribution in [0.5, 0.6) is 34.5 Å². The minimum absolute atomic E-state index is 0.00475. The van der Waals surface area contributed by atoms with Gasteiger partial charge in [0.1, 0.15) is 34.5 Å². The van der Waals surface area contributed by atoms with Crippen molar-refractivity contribution in [2.45, 2.75) is 108 Å². The van der Waals surface area contributed by atoms with Gasteiger partial charge in [-0.05, 0) is 111 Å².